The Kier molecular flexibility index (Phi) is 4.06. The van der Waals surface area contributed by atoms with Gasteiger partial charge in [0, 0.05) is 18.0 Å². The van der Waals surface area contributed by atoms with Crippen molar-refractivity contribution in [1.82, 2.24) is 9.78 Å². The van der Waals surface area contributed by atoms with Gasteiger partial charge in [0.15, 0.2) is 0 Å². The van der Waals surface area contributed by atoms with E-state index < -0.39 is 0 Å². The van der Waals surface area contributed by atoms with Crippen LogP contribution >= 0.6 is 11.6 Å². The Labute approximate surface area is 115 Å². The molecule has 1 unspecified atom stereocenters. The summed E-state index contributed by atoms with van der Waals surface area (Å²) in [7, 11) is 0. The lowest BCUT2D eigenvalue weighted by Gasteiger charge is -2.12. The number of amides is 1. The van der Waals surface area contributed by atoms with Crippen LogP contribution < -0.4 is 5.32 Å². The van der Waals surface area contributed by atoms with Gasteiger partial charge in [0.25, 0.3) is 0 Å². The van der Waals surface area contributed by atoms with Gasteiger partial charge in [-0.15, -0.1) is 0 Å². The highest BCUT2D eigenvalue weighted by Crippen LogP contribution is 2.16. The smallest absolute Gasteiger partial charge is 0.229 e. The van der Waals surface area contributed by atoms with Crippen molar-refractivity contribution in [1.29, 1.82) is 0 Å². The minimum Gasteiger partial charge on any atom is -0.508 e. The first-order valence-electron chi connectivity index (χ1n) is 5.82. The van der Waals surface area contributed by atoms with Crippen LogP contribution in [0.3, 0.4) is 0 Å². The fourth-order valence-electron chi connectivity index (χ4n) is 1.65. The number of aromatic hydroxyl groups is 1. The highest BCUT2D eigenvalue weighted by molar-refractivity contribution is 6.30. The molecular weight excluding hydrogens is 266 g/mol. The second-order valence-corrected chi connectivity index (χ2v) is 4.76. The van der Waals surface area contributed by atoms with Gasteiger partial charge < -0.3 is 10.4 Å². The van der Waals surface area contributed by atoms with Crippen molar-refractivity contribution in [2.24, 2.45) is 5.92 Å². The molecule has 0 aliphatic rings. The van der Waals surface area contributed by atoms with Crippen molar-refractivity contribution in [2.45, 2.75) is 13.5 Å². The molecule has 100 valence electrons. The van der Waals surface area contributed by atoms with Gasteiger partial charge in [0.2, 0.25) is 5.91 Å². The zero-order valence-electron chi connectivity index (χ0n) is 10.4. The zero-order chi connectivity index (χ0) is 13.8. The zero-order valence-corrected chi connectivity index (χ0v) is 11.1. The largest absolute Gasteiger partial charge is 0.508 e. The maximum absolute atomic E-state index is 12.0. The summed E-state index contributed by atoms with van der Waals surface area (Å²) in [6.45, 7) is 2.24. The minimum atomic E-state index is -0.265. The Bertz CT molecular complexity index is 583. The summed E-state index contributed by atoms with van der Waals surface area (Å²) >= 11 is 5.76. The molecule has 0 fully saturated rings. The highest BCUT2D eigenvalue weighted by atomic mass is 35.5. The van der Waals surface area contributed by atoms with E-state index in [2.05, 4.69) is 10.4 Å². The van der Waals surface area contributed by atoms with E-state index in [9.17, 15) is 9.90 Å². The molecule has 5 nitrogen and oxygen atoms in total. The maximum atomic E-state index is 12.0. The third-order valence-electron chi connectivity index (χ3n) is 2.62. The van der Waals surface area contributed by atoms with Gasteiger partial charge in [-0.2, -0.15) is 5.10 Å². The normalized spacial score (nSPS) is 12.1. The molecule has 19 heavy (non-hydrogen) atoms. The fourth-order valence-corrected chi connectivity index (χ4v) is 1.81. The molecule has 0 aliphatic heterocycles. The third kappa shape index (κ3) is 3.72. The van der Waals surface area contributed by atoms with Gasteiger partial charge in [-0.25, -0.2) is 0 Å². The van der Waals surface area contributed by atoms with Crippen molar-refractivity contribution < 1.29 is 9.90 Å². The summed E-state index contributed by atoms with van der Waals surface area (Å²) in [6, 6.07) is 6.43. The molecule has 6 heteroatoms. The number of nitrogens with zero attached hydrogens (tertiary/aromatic N) is 2. The van der Waals surface area contributed by atoms with Gasteiger partial charge in [-0.1, -0.05) is 24.6 Å². The molecule has 0 spiro atoms. The van der Waals surface area contributed by atoms with E-state index in [4.69, 9.17) is 11.6 Å². The molecule has 2 N–H and O–H groups in total. The van der Waals surface area contributed by atoms with Gasteiger partial charge in [-0.05, 0) is 12.1 Å². The molecule has 0 bridgehead atoms. The van der Waals surface area contributed by atoms with Crippen LogP contribution in [0.25, 0.3) is 0 Å². The molecule has 0 aliphatic carbocycles. The summed E-state index contributed by atoms with van der Waals surface area (Å²) in [6.07, 6.45) is 3.20. The van der Waals surface area contributed by atoms with Crippen molar-refractivity contribution in [3.05, 3.63) is 41.7 Å². The quantitative estimate of drug-likeness (QED) is 0.904. The number of nitrogens with one attached hydrogen (secondary N) is 1. The lowest BCUT2D eigenvalue weighted by Crippen LogP contribution is -2.24. The van der Waals surface area contributed by atoms with E-state index in [0.717, 1.165) is 0 Å². The lowest BCUT2D eigenvalue weighted by molar-refractivity contribution is -0.119. The van der Waals surface area contributed by atoms with E-state index in [0.29, 0.717) is 17.3 Å². The summed E-state index contributed by atoms with van der Waals surface area (Å²) in [5.74, 6) is -0.292. The average molecular weight is 280 g/mol. The van der Waals surface area contributed by atoms with Crippen LogP contribution in [0.15, 0.2) is 36.7 Å². The highest BCUT2D eigenvalue weighted by Gasteiger charge is 2.14. The SMILES string of the molecule is CC(Cn1cc(Cl)cn1)C(=O)Nc1cccc(O)c1. The molecule has 2 rings (SSSR count). The van der Waals surface area contributed by atoms with Crippen LogP contribution in [0.1, 0.15) is 6.92 Å². The number of carbonyl (C=O) groups excluding carboxylic acids is 1. The van der Waals surface area contributed by atoms with E-state index in [1.54, 1.807) is 36.0 Å². The van der Waals surface area contributed by atoms with Crippen molar-refractivity contribution in [3.63, 3.8) is 0 Å². The molecule has 1 aromatic heterocycles. The number of phenolic OH excluding ortho intramolecular Hbond substituents is 1. The molecule has 1 aromatic carbocycles. The number of carbonyl (C=O) groups is 1. The van der Waals surface area contributed by atoms with Crippen molar-refractivity contribution in [3.8, 4) is 5.75 Å². The Morgan fingerprint density at radius 1 is 1.58 bits per heavy atom. The second kappa shape index (κ2) is 5.75. The predicted octanol–water partition coefficient (Wildman–Crippen LogP) is 2.52. The number of phenols is 1. The number of rotatable bonds is 4. The first-order chi connectivity index (χ1) is 9.04. The molecule has 0 saturated carbocycles. The minimum absolute atomic E-state index is 0.115. The number of aromatic nitrogens is 2. The molecule has 2 aromatic rings. The summed E-state index contributed by atoms with van der Waals surface area (Å²) in [5.41, 5.74) is 0.565. The molecule has 0 radical (unpaired) electrons. The second-order valence-electron chi connectivity index (χ2n) is 4.32. The van der Waals surface area contributed by atoms with E-state index in [-0.39, 0.29) is 17.6 Å². The Morgan fingerprint density at radius 2 is 2.37 bits per heavy atom. The van der Waals surface area contributed by atoms with Gasteiger partial charge >= 0.3 is 0 Å². The van der Waals surface area contributed by atoms with Crippen LogP contribution in [0.4, 0.5) is 5.69 Å². The van der Waals surface area contributed by atoms with Crippen LogP contribution in [0.2, 0.25) is 5.02 Å². The van der Waals surface area contributed by atoms with Crippen molar-refractivity contribution >= 4 is 23.2 Å². The lowest BCUT2D eigenvalue weighted by atomic mass is 10.1. The van der Waals surface area contributed by atoms with Crippen LogP contribution in [0.5, 0.6) is 5.75 Å². The monoisotopic (exact) mass is 279 g/mol. The molecular formula is C13H14ClN3O2. The molecule has 1 atom stereocenters. The van der Waals surface area contributed by atoms with E-state index >= 15 is 0 Å². The molecule has 0 saturated heterocycles. The number of anilines is 1. The number of hydrogen-bond acceptors (Lipinski definition) is 3. The van der Waals surface area contributed by atoms with E-state index in [1.165, 1.54) is 12.3 Å². The summed E-state index contributed by atoms with van der Waals surface area (Å²) < 4.78 is 1.62. The van der Waals surface area contributed by atoms with Gasteiger partial charge in [-0.3, -0.25) is 9.48 Å². The first-order valence-corrected chi connectivity index (χ1v) is 6.20. The predicted molar refractivity (Wildman–Crippen MR) is 73.1 cm³/mol. The standard InChI is InChI=1S/C13H14ClN3O2/c1-9(7-17-8-10(14)6-15-17)13(19)16-11-3-2-4-12(18)5-11/h2-6,8-9,18H,7H2,1H3,(H,16,19). The van der Waals surface area contributed by atoms with Crippen LogP contribution in [-0.2, 0) is 11.3 Å². The number of benzene rings is 1. The molecule has 1 heterocycles. The topological polar surface area (TPSA) is 67.2 Å². The summed E-state index contributed by atoms with van der Waals surface area (Å²) in [5, 5.41) is 16.6. The first kappa shape index (κ1) is 13.4. The maximum Gasteiger partial charge on any atom is 0.229 e. The number of halogens is 1. The Hall–Kier alpha value is -2.01. The number of hydrogen-bond donors (Lipinski definition) is 2. The Morgan fingerprint density at radius 3 is 3.00 bits per heavy atom. The fraction of sp³-hybridized carbons (Fsp3) is 0.231. The Balaban J connectivity index is 1.96. The average Bonchev–Trinajstić information content (AvgIpc) is 2.74. The summed E-state index contributed by atoms with van der Waals surface area (Å²) in [4.78, 5) is 12.0. The van der Waals surface area contributed by atoms with Crippen LogP contribution in [0, 0.1) is 5.92 Å². The third-order valence-corrected chi connectivity index (χ3v) is 2.82. The van der Waals surface area contributed by atoms with Gasteiger partial charge in [0.1, 0.15) is 5.75 Å². The van der Waals surface area contributed by atoms with Crippen LogP contribution in [-0.4, -0.2) is 20.8 Å². The molecule has 1 amide bonds. The van der Waals surface area contributed by atoms with E-state index in [1.807, 2.05) is 0 Å². The van der Waals surface area contributed by atoms with Crippen molar-refractivity contribution in [2.75, 3.05) is 5.32 Å². The van der Waals surface area contributed by atoms with Gasteiger partial charge in [0.05, 0.1) is 23.7 Å².